The molecule has 0 atom stereocenters. The maximum absolute atomic E-state index is 11.7. The first-order valence-electron chi connectivity index (χ1n) is 6.02. The van der Waals surface area contributed by atoms with Crippen molar-refractivity contribution in [3.8, 4) is 22.8 Å². The van der Waals surface area contributed by atoms with Gasteiger partial charge < -0.3 is 0 Å². The molecule has 0 spiro atoms. The Kier molecular flexibility index (Phi) is 3.31. The molecule has 1 heterocycles. The monoisotopic (exact) mass is 283 g/mol. The molecule has 0 aliphatic carbocycles. The highest BCUT2D eigenvalue weighted by atomic mass is 35.5. The lowest BCUT2D eigenvalue weighted by atomic mass is 10.2. The zero-order valence-electron chi connectivity index (χ0n) is 10.4. The molecule has 2 aromatic carbocycles. The van der Waals surface area contributed by atoms with Gasteiger partial charge in [-0.05, 0) is 24.3 Å². The highest BCUT2D eigenvalue weighted by Gasteiger charge is 2.07. The molecule has 4 nitrogen and oxygen atoms in total. The summed E-state index contributed by atoms with van der Waals surface area (Å²) in [5.74, 6) is 0.875. The van der Waals surface area contributed by atoms with E-state index >= 15 is 0 Å². The molecule has 3 rings (SSSR count). The molecule has 0 unspecified atom stereocenters. The summed E-state index contributed by atoms with van der Waals surface area (Å²) in [4.78, 5) is 22.6. The minimum Gasteiger partial charge on any atom is -0.290 e. The molecule has 0 aliphatic rings. The Labute approximate surface area is 120 Å². The molecule has 1 N–H and O–H groups in total. The topological polar surface area (TPSA) is 58.6 Å². The van der Waals surface area contributed by atoms with Crippen LogP contribution in [0, 0.1) is 0 Å². The van der Waals surface area contributed by atoms with E-state index in [1.165, 1.54) is 0 Å². The van der Waals surface area contributed by atoms with Gasteiger partial charge in [-0.2, -0.15) is 4.98 Å². The SMILES string of the molecule is O=c1nc(-c2ccccc2)nc(-c2ccc(Cl)cc2)[nH]1. The van der Waals surface area contributed by atoms with Crippen molar-refractivity contribution in [1.29, 1.82) is 0 Å². The molecular weight excluding hydrogens is 274 g/mol. The number of rotatable bonds is 2. The number of aromatic nitrogens is 3. The summed E-state index contributed by atoms with van der Waals surface area (Å²) in [6.07, 6.45) is 0. The molecule has 0 saturated carbocycles. The van der Waals surface area contributed by atoms with Crippen molar-refractivity contribution in [1.82, 2.24) is 15.0 Å². The van der Waals surface area contributed by atoms with Crippen LogP contribution in [-0.4, -0.2) is 15.0 Å². The van der Waals surface area contributed by atoms with Gasteiger partial charge in [-0.15, -0.1) is 0 Å². The summed E-state index contributed by atoms with van der Waals surface area (Å²) in [7, 11) is 0. The Hall–Kier alpha value is -2.46. The second kappa shape index (κ2) is 5.27. The van der Waals surface area contributed by atoms with Gasteiger partial charge in [0, 0.05) is 16.1 Å². The summed E-state index contributed by atoms with van der Waals surface area (Å²) in [6, 6.07) is 16.5. The zero-order valence-corrected chi connectivity index (χ0v) is 11.1. The highest BCUT2D eigenvalue weighted by Crippen LogP contribution is 2.19. The third-order valence-electron chi connectivity index (χ3n) is 2.80. The van der Waals surface area contributed by atoms with E-state index in [4.69, 9.17) is 11.6 Å². The number of hydrogen-bond acceptors (Lipinski definition) is 3. The standard InChI is InChI=1S/C15H10ClN3O/c16-12-8-6-11(7-9-12)14-17-13(18-15(20)19-14)10-4-2-1-3-5-10/h1-9H,(H,17,18,19,20). The van der Waals surface area contributed by atoms with Crippen LogP contribution in [0.4, 0.5) is 0 Å². The highest BCUT2D eigenvalue weighted by molar-refractivity contribution is 6.30. The number of aromatic amines is 1. The van der Waals surface area contributed by atoms with E-state index in [0.29, 0.717) is 16.7 Å². The predicted molar refractivity (Wildman–Crippen MR) is 78.5 cm³/mol. The van der Waals surface area contributed by atoms with Gasteiger partial charge in [0.2, 0.25) is 0 Å². The van der Waals surface area contributed by atoms with Gasteiger partial charge in [0.1, 0.15) is 5.82 Å². The van der Waals surface area contributed by atoms with Crippen molar-refractivity contribution in [2.45, 2.75) is 0 Å². The second-order valence-corrected chi connectivity index (χ2v) is 4.64. The van der Waals surface area contributed by atoms with E-state index in [0.717, 1.165) is 11.1 Å². The van der Waals surface area contributed by atoms with E-state index in [9.17, 15) is 4.79 Å². The minimum absolute atomic E-state index is 0.402. The fourth-order valence-electron chi connectivity index (χ4n) is 1.85. The van der Waals surface area contributed by atoms with Gasteiger partial charge >= 0.3 is 5.69 Å². The van der Waals surface area contributed by atoms with E-state index in [1.807, 2.05) is 30.3 Å². The lowest BCUT2D eigenvalue weighted by Crippen LogP contribution is -2.14. The first-order valence-corrected chi connectivity index (χ1v) is 6.40. The molecular formula is C15H10ClN3O. The molecule has 0 amide bonds. The quantitative estimate of drug-likeness (QED) is 0.786. The second-order valence-electron chi connectivity index (χ2n) is 4.20. The molecule has 0 fully saturated rings. The summed E-state index contributed by atoms with van der Waals surface area (Å²) in [5, 5.41) is 0.633. The molecule has 0 aliphatic heterocycles. The van der Waals surface area contributed by atoms with Gasteiger partial charge in [-0.1, -0.05) is 41.9 Å². The fourth-order valence-corrected chi connectivity index (χ4v) is 1.97. The first kappa shape index (κ1) is 12.6. The third-order valence-corrected chi connectivity index (χ3v) is 3.05. The van der Waals surface area contributed by atoms with Gasteiger partial charge in [-0.3, -0.25) is 4.98 Å². The Bertz CT molecular complexity index is 782. The van der Waals surface area contributed by atoms with Crippen LogP contribution in [0.15, 0.2) is 59.4 Å². The predicted octanol–water partition coefficient (Wildman–Crippen LogP) is 3.15. The number of nitrogens with zero attached hydrogens (tertiary/aromatic N) is 2. The summed E-state index contributed by atoms with van der Waals surface area (Å²) in [6.45, 7) is 0. The lowest BCUT2D eigenvalue weighted by molar-refractivity contribution is 1.00. The van der Waals surface area contributed by atoms with Gasteiger partial charge in [0.25, 0.3) is 0 Å². The smallest absolute Gasteiger partial charge is 0.290 e. The zero-order chi connectivity index (χ0) is 13.9. The number of H-pyrrole nitrogens is 1. The molecule has 0 saturated heterocycles. The maximum Gasteiger partial charge on any atom is 0.348 e. The molecule has 5 heteroatoms. The molecule has 1 aromatic heterocycles. The van der Waals surface area contributed by atoms with Crippen LogP contribution >= 0.6 is 11.6 Å². The van der Waals surface area contributed by atoms with Gasteiger partial charge in [-0.25, -0.2) is 9.78 Å². The lowest BCUT2D eigenvalue weighted by Gasteiger charge is -2.03. The number of halogens is 1. The molecule has 3 aromatic rings. The van der Waals surface area contributed by atoms with E-state index in [2.05, 4.69) is 15.0 Å². The van der Waals surface area contributed by atoms with Crippen molar-refractivity contribution in [2.24, 2.45) is 0 Å². The number of benzene rings is 2. The molecule has 98 valence electrons. The summed E-state index contributed by atoms with van der Waals surface area (Å²) < 4.78 is 0. The van der Waals surface area contributed by atoms with Crippen molar-refractivity contribution in [3.05, 3.63) is 70.1 Å². The van der Waals surface area contributed by atoms with Crippen LogP contribution in [0.5, 0.6) is 0 Å². The van der Waals surface area contributed by atoms with Crippen LogP contribution in [0.1, 0.15) is 0 Å². The fraction of sp³-hybridized carbons (Fsp3) is 0. The third kappa shape index (κ3) is 2.60. The largest absolute Gasteiger partial charge is 0.348 e. The van der Waals surface area contributed by atoms with Crippen LogP contribution < -0.4 is 5.69 Å². The van der Waals surface area contributed by atoms with Crippen molar-refractivity contribution in [3.63, 3.8) is 0 Å². The molecule has 0 bridgehead atoms. The van der Waals surface area contributed by atoms with Crippen LogP contribution in [0.2, 0.25) is 5.02 Å². The average Bonchev–Trinajstić information content (AvgIpc) is 2.48. The summed E-state index contributed by atoms with van der Waals surface area (Å²) in [5.41, 5.74) is 1.16. The van der Waals surface area contributed by atoms with Crippen molar-refractivity contribution in [2.75, 3.05) is 0 Å². The Morgan fingerprint density at radius 2 is 1.55 bits per heavy atom. The van der Waals surface area contributed by atoms with E-state index in [1.54, 1.807) is 24.3 Å². The molecule has 0 radical (unpaired) electrons. The maximum atomic E-state index is 11.7. The Morgan fingerprint density at radius 3 is 2.25 bits per heavy atom. The average molecular weight is 284 g/mol. The van der Waals surface area contributed by atoms with E-state index in [-0.39, 0.29) is 0 Å². The van der Waals surface area contributed by atoms with E-state index < -0.39 is 5.69 Å². The van der Waals surface area contributed by atoms with Crippen molar-refractivity contribution >= 4 is 11.6 Å². The number of hydrogen-bond donors (Lipinski definition) is 1. The summed E-state index contributed by atoms with van der Waals surface area (Å²) >= 11 is 5.85. The van der Waals surface area contributed by atoms with Crippen LogP contribution in [-0.2, 0) is 0 Å². The first-order chi connectivity index (χ1) is 9.72. The van der Waals surface area contributed by atoms with Crippen LogP contribution in [0.25, 0.3) is 22.8 Å². The normalized spacial score (nSPS) is 10.4. The molecule has 20 heavy (non-hydrogen) atoms. The van der Waals surface area contributed by atoms with Gasteiger partial charge in [0.05, 0.1) is 0 Å². The number of nitrogens with one attached hydrogen (secondary N) is 1. The Balaban J connectivity index is 2.12. The minimum atomic E-state index is -0.427. The van der Waals surface area contributed by atoms with Crippen molar-refractivity contribution < 1.29 is 0 Å². The van der Waals surface area contributed by atoms with Crippen LogP contribution in [0.3, 0.4) is 0 Å². The Morgan fingerprint density at radius 1 is 0.850 bits per heavy atom. The van der Waals surface area contributed by atoms with Gasteiger partial charge in [0.15, 0.2) is 5.82 Å².